The number of rotatable bonds is 10. The predicted octanol–water partition coefficient (Wildman–Crippen LogP) is 4.06. The average Bonchev–Trinajstić information content (AvgIpc) is 2.67. The topological polar surface area (TPSA) is 84.9 Å². The van der Waals surface area contributed by atoms with E-state index in [1.165, 1.54) is 11.8 Å². The van der Waals surface area contributed by atoms with Crippen LogP contribution in [0.2, 0.25) is 0 Å². The molecule has 144 valence electrons. The van der Waals surface area contributed by atoms with Gasteiger partial charge in [0.1, 0.15) is 11.5 Å². The zero-order valence-corrected chi connectivity index (χ0v) is 16.1. The SMILES string of the molecule is COc1ccc(SC(C)C(=O)Nc2ccc(OCCCC(=O)O)cc2)cc1. The fourth-order valence-electron chi connectivity index (χ4n) is 2.20. The van der Waals surface area contributed by atoms with Gasteiger partial charge in [0.05, 0.1) is 19.0 Å². The normalized spacial score (nSPS) is 11.5. The van der Waals surface area contributed by atoms with E-state index in [-0.39, 0.29) is 17.6 Å². The number of hydrogen-bond donors (Lipinski definition) is 2. The van der Waals surface area contributed by atoms with Gasteiger partial charge in [-0.1, -0.05) is 0 Å². The molecule has 0 aliphatic rings. The number of carbonyl (C=O) groups is 2. The fraction of sp³-hybridized carbons (Fsp3) is 0.300. The molecule has 1 amide bonds. The van der Waals surface area contributed by atoms with Gasteiger partial charge in [-0.15, -0.1) is 11.8 Å². The molecule has 0 spiro atoms. The number of aliphatic carboxylic acids is 1. The lowest BCUT2D eigenvalue weighted by molar-refractivity contribution is -0.137. The molecule has 0 aliphatic heterocycles. The molecule has 0 bridgehead atoms. The number of carboxylic acid groups (broad SMARTS) is 1. The van der Waals surface area contributed by atoms with Gasteiger partial charge in [-0.3, -0.25) is 9.59 Å². The summed E-state index contributed by atoms with van der Waals surface area (Å²) in [5.74, 6) is 0.491. The highest BCUT2D eigenvalue weighted by Crippen LogP contribution is 2.26. The molecule has 0 aromatic heterocycles. The summed E-state index contributed by atoms with van der Waals surface area (Å²) in [5.41, 5.74) is 0.681. The Morgan fingerprint density at radius 1 is 1.07 bits per heavy atom. The van der Waals surface area contributed by atoms with Crippen molar-refractivity contribution in [1.29, 1.82) is 0 Å². The predicted molar refractivity (Wildman–Crippen MR) is 106 cm³/mol. The van der Waals surface area contributed by atoms with E-state index in [2.05, 4.69) is 5.32 Å². The number of anilines is 1. The van der Waals surface area contributed by atoms with Crippen molar-refractivity contribution >= 4 is 29.3 Å². The minimum atomic E-state index is -0.835. The average molecular weight is 389 g/mol. The van der Waals surface area contributed by atoms with Crippen molar-refractivity contribution in [2.45, 2.75) is 29.9 Å². The summed E-state index contributed by atoms with van der Waals surface area (Å²) >= 11 is 1.47. The third-order valence-corrected chi connectivity index (χ3v) is 4.78. The second-order valence-corrected chi connectivity index (χ2v) is 7.21. The van der Waals surface area contributed by atoms with Crippen LogP contribution < -0.4 is 14.8 Å². The molecular formula is C20H23NO5S. The lowest BCUT2D eigenvalue weighted by Crippen LogP contribution is -2.22. The number of benzene rings is 2. The number of carbonyl (C=O) groups excluding carboxylic acids is 1. The first-order valence-corrected chi connectivity index (χ1v) is 9.42. The number of carboxylic acids is 1. The van der Waals surface area contributed by atoms with Crippen LogP contribution >= 0.6 is 11.8 Å². The molecule has 1 atom stereocenters. The molecule has 0 heterocycles. The molecule has 0 saturated carbocycles. The van der Waals surface area contributed by atoms with Gasteiger partial charge < -0.3 is 19.9 Å². The standard InChI is InChI=1S/C20H23NO5S/c1-14(27-18-11-9-16(25-2)10-12-18)20(24)21-15-5-7-17(8-6-15)26-13-3-4-19(22)23/h5-12,14H,3-4,13H2,1-2H3,(H,21,24)(H,22,23). The third kappa shape index (κ3) is 7.22. The van der Waals surface area contributed by atoms with Crippen molar-refractivity contribution in [2.24, 2.45) is 0 Å². The molecule has 6 nitrogen and oxygen atoms in total. The molecule has 2 aromatic rings. The smallest absolute Gasteiger partial charge is 0.303 e. The van der Waals surface area contributed by atoms with Gasteiger partial charge in [-0.25, -0.2) is 0 Å². The van der Waals surface area contributed by atoms with E-state index in [4.69, 9.17) is 14.6 Å². The summed E-state index contributed by atoms with van der Waals surface area (Å²) in [6, 6.07) is 14.6. The van der Waals surface area contributed by atoms with Crippen molar-refractivity contribution in [3.8, 4) is 11.5 Å². The van der Waals surface area contributed by atoms with Crippen LogP contribution in [0.5, 0.6) is 11.5 Å². The molecule has 2 N–H and O–H groups in total. The number of ether oxygens (including phenoxy) is 2. The highest BCUT2D eigenvalue weighted by molar-refractivity contribution is 8.00. The highest BCUT2D eigenvalue weighted by Gasteiger charge is 2.14. The summed E-state index contributed by atoms with van der Waals surface area (Å²) in [5, 5.41) is 11.2. The molecule has 0 radical (unpaired) electrons. The van der Waals surface area contributed by atoms with Gasteiger partial charge in [-0.05, 0) is 61.9 Å². The second kappa shape index (κ2) is 10.5. The Kier molecular flexibility index (Phi) is 8.00. The number of thioether (sulfide) groups is 1. The summed E-state index contributed by atoms with van der Waals surface area (Å²) in [4.78, 5) is 23.8. The number of nitrogens with one attached hydrogen (secondary N) is 1. The van der Waals surface area contributed by atoms with E-state index in [1.807, 2.05) is 31.2 Å². The Morgan fingerprint density at radius 3 is 2.30 bits per heavy atom. The minimum Gasteiger partial charge on any atom is -0.497 e. The first kappa shape index (κ1) is 20.6. The second-order valence-electron chi connectivity index (χ2n) is 5.79. The van der Waals surface area contributed by atoms with Gasteiger partial charge >= 0.3 is 5.97 Å². The van der Waals surface area contributed by atoms with Crippen molar-refractivity contribution < 1.29 is 24.2 Å². The molecule has 7 heteroatoms. The van der Waals surface area contributed by atoms with E-state index < -0.39 is 5.97 Å². The molecular weight excluding hydrogens is 366 g/mol. The van der Waals surface area contributed by atoms with Crippen LogP contribution in [0.1, 0.15) is 19.8 Å². The Morgan fingerprint density at radius 2 is 1.70 bits per heavy atom. The van der Waals surface area contributed by atoms with Crippen LogP contribution in [0, 0.1) is 0 Å². The number of methoxy groups -OCH3 is 1. The van der Waals surface area contributed by atoms with E-state index in [0.29, 0.717) is 24.5 Å². The van der Waals surface area contributed by atoms with Crippen molar-refractivity contribution in [3.05, 3.63) is 48.5 Å². The zero-order valence-electron chi connectivity index (χ0n) is 15.3. The summed E-state index contributed by atoms with van der Waals surface area (Å²) in [6.45, 7) is 2.19. The highest BCUT2D eigenvalue weighted by atomic mass is 32.2. The fourth-order valence-corrected chi connectivity index (χ4v) is 3.07. The van der Waals surface area contributed by atoms with Crippen LogP contribution in [0.4, 0.5) is 5.69 Å². The lowest BCUT2D eigenvalue weighted by Gasteiger charge is -2.13. The summed E-state index contributed by atoms with van der Waals surface area (Å²) < 4.78 is 10.6. The third-order valence-electron chi connectivity index (χ3n) is 3.67. The maximum Gasteiger partial charge on any atom is 0.303 e. The molecule has 27 heavy (non-hydrogen) atoms. The van der Waals surface area contributed by atoms with Crippen LogP contribution in [0.25, 0.3) is 0 Å². The lowest BCUT2D eigenvalue weighted by atomic mass is 10.3. The van der Waals surface area contributed by atoms with Crippen LogP contribution in [-0.4, -0.2) is 35.9 Å². The van der Waals surface area contributed by atoms with Gasteiger partial charge in [0.15, 0.2) is 0 Å². The quantitative estimate of drug-likeness (QED) is 0.471. The Hall–Kier alpha value is -2.67. The van der Waals surface area contributed by atoms with Gasteiger partial charge in [0, 0.05) is 17.0 Å². The van der Waals surface area contributed by atoms with E-state index in [9.17, 15) is 9.59 Å². The van der Waals surface area contributed by atoms with Crippen molar-refractivity contribution in [2.75, 3.05) is 19.0 Å². The van der Waals surface area contributed by atoms with Gasteiger partial charge in [-0.2, -0.15) is 0 Å². The molecule has 0 saturated heterocycles. The Balaban J connectivity index is 1.80. The maximum atomic E-state index is 12.4. The van der Waals surface area contributed by atoms with Crippen LogP contribution in [0.3, 0.4) is 0 Å². The van der Waals surface area contributed by atoms with Crippen molar-refractivity contribution in [1.82, 2.24) is 0 Å². The zero-order chi connectivity index (χ0) is 19.6. The summed E-state index contributed by atoms with van der Waals surface area (Å²) in [7, 11) is 1.62. The first-order valence-electron chi connectivity index (χ1n) is 8.54. The maximum absolute atomic E-state index is 12.4. The first-order chi connectivity index (χ1) is 13.0. The Labute approximate surface area is 162 Å². The largest absolute Gasteiger partial charge is 0.497 e. The molecule has 2 rings (SSSR count). The minimum absolute atomic E-state index is 0.0812. The molecule has 1 unspecified atom stereocenters. The van der Waals surface area contributed by atoms with Gasteiger partial charge in [0.25, 0.3) is 0 Å². The number of amides is 1. The molecule has 2 aromatic carbocycles. The monoisotopic (exact) mass is 389 g/mol. The Bertz CT molecular complexity index is 746. The number of hydrogen-bond acceptors (Lipinski definition) is 5. The van der Waals surface area contributed by atoms with Gasteiger partial charge in [0.2, 0.25) is 5.91 Å². The van der Waals surface area contributed by atoms with Crippen molar-refractivity contribution in [3.63, 3.8) is 0 Å². The van der Waals surface area contributed by atoms with Crippen LogP contribution in [0.15, 0.2) is 53.4 Å². The molecule has 0 aliphatic carbocycles. The van der Waals surface area contributed by atoms with Crippen LogP contribution in [-0.2, 0) is 9.59 Å². The summed E-state index contributed by atoms with van der Waals surface area (Å²) in [6.07, 6.45) is 0.534. The van der Waals surface area contributed by atoms with E-state index in [1.54, 1.807) is 31.4 Å². The van der Waals surface area contributed by atoms with E-state index >= 15 is 0 Å². The van der Waals surface area contributed by atoms with E-state index in [0.717, 1.165) is 10.6 Å². The molecule has 0 fully saturated rings.